The highest BCUT2D eigenvalue weighted by atomic mass is 16.3. The summed E-state index contributed by atoms with van der Waals surface area (Å²) in [6.45, 7) is 0. The van der Waals surface area contributed by atoms with Crippen LogP contribution in [0.1, 0.15) is 0 Å². The zero-order valence-corrected chi connectivity index (χ0v) is 25.2. The molecule has 0 unspecified atom stereocenters. The fourth-order valence-corrected chi connectivity index (χ4v) is 6.21. The lowest BCUT2D eigenvalue weighted by molar-refractivity contribution is 0.654. The van der Waals surface area contributed by atoms with Gasteiger partial charge in [0.25, 0.3) is 0 Å². The minimum atomic E-state index is 0.590. The van der Waals surface area contributed by atoms with E-state index in [9.17, 15) is 0 Å². The number of benzene rings is 6. The molecule has 0 N–H and O–H groups in total. The van der Waals surface area contributed by atoms with E-state index in [1.54, 1.807) is 0 Å². The molecule has 5 nitrogen and oxygen atoms in total. The molecule has 0 amide bonds. The lowest BCUT2D eigenvalue weighted by atomic mass is 9.93. The van der Waals surface area contributed by atoms with Gasteiger partial charge in [0.2, 0.25) is 5.71 Å². The summed E-state index contributed by atoms with van der Waals surface area (Å²) in [7, 11) is 0. The van der Waals surface area contributed by atoms with Gasteiger partial charge in [0.15, 0.2) is 17.5 Å². The first-order valence-corrected chi connectivity index (χ1v) is 15.5. The third-order valence-electron chi connectivity index (χ3n) is 8.59. The maximum absolute atomic E-state index is 6.06. The first-order valence-electron chi connectivity index (χ1n) is 15.5. The summed E-state index contributed by atoms with van der Waals surface area (Å²) >= 11 is 0. The Morgan fingerprint density at radius 3 is 1.77 bits per heavy atom. The summed E-state index contributed by atoms with van der Waals surface area (Å²) in [5.41, 5.74) is 8.28. The molecule has 0 aliphatic rings. The Hall–Kier alpha value is -6.46. The fourth-order valence-electron chi connectivity index (χ4n) is 6.21. The van der Waals surface area contributed by atoms with Crippen LogP contribution >= 0.6 is 0 Å². The van der Waals surface area contributed by atoms with Gasteiger partial charge in [-0.15, -0.1) is 0 Å². The number of nitrogens with zero attached hydrogens (tertiary/aromatic N) is 4. The summed E-state index contributed by atoms with van der Waals surface area (Å²) < 4.78 is 6.06. The summed E-state index contributed by atoms with van der Waals surface area (Å²) in [6.07, 6.45) is 1.87. The Morgan fingerprint density at radius 2 is 1.00 bits per heavy atom. The molecule has 9 rings (SSSR count). The molecule has 3 aromatic heterocycles. The number of rotatable bonds is 5. The van der Waals surface area contributed by atoms with Crippen LogP contribution in [0.25, 0.3) is 89.3 Å². The van der Waals surface area contributed by atoms with Gasteiger partial charge in [0.1, 0.15) is 5.58 Å². The van der Waals surface area contributed by atoms with Crippen LogP contribution in [0, 0.1) is 0 Å². The highest BCUT2D eigenvalue weighted by Crippen LogP contribution is 2.38. The number of hydrogen-bond acceptors (Lipinski definition) is 5. The average Bonchev–Trinajstić information content (AvgIpc) is 3.53. The average molecular weight is 603 g/mol. The Labute approximate surface area is 270 Å². The van der Waals surface area contributed by atoms with E-state index in [1.165, 1.54) is 10.8 Å². The van der Waals surface area contributed by atoms with Crippen LogP contribution < -0.4 is 0 Å². The number of aromatic nitrogens is 4. The molecule has 0 radical (unpaired) electrons. The van der Waals surface area contributed by atoms with Crippen LogP contribution in [0.15, 0.2) is 162 Å². The third kappa shape index (κ3) is 4.91. The fraction of sp³-hybridized carbons (Fsp3) is 0. The standard InChI is InChI=1S/C42H26N4O/c1-3-12-28(13-4-1)39-44-40(29-14-5-2-6-15-29)46-41(45-39)36-24-32(31-20-19-27-11-7-8-16-30(27)23-31)21-22-34(36)33-25-37-35-17-9-10-18-38(35)47-42(37)43-26-33/h1-26H. The van der Waals surface area contributed by atoms with E-state index in [1.807, 2.05) is 85.1 Å². The Kier molecular flexibility index (Phi) is 6.39. The molecule has 0 saturated heterocycles. The van der Waals surface area contributed by atoms with Gasteiger partial charge in [0, 0.05) is 39.2 Å². The first kappa shape index (κ1) is 26.9. The van der Waals surface area contributed by atoms with Crippen molar-refractivity contribution in [3.8, 4) is 56.4 Å². The maximum atomic E-state index is 6.06. The highest BCUT2D eigenvalue weighted by Gasteiger charge is 2.18. The van der Waals surface area contributed by atoms with Gasteiger partial charge >= 0.3 is 0 Å². The molecular weight excluding hydrogens is 576 g/mol. The summed E-state index contributed by atoms with van der Waals surface area (Å²) in [4.78, 5) is 19.9. The maximum Gasteiger partial charge on any atom is 0.227 e. The molecule has 0 spiro atoms. The van der Waals surface area contributed by atoms with E-state index in [4.69, 9.17) is 24.4 Å². The largest absolute Gasteiger partial charge is 0.438 e. The van der Waals surface area contributed by atoms with Crippen LogP contribution in [0.3, 0.4) is 0 Å². The molecule has 5 heteroatoms. The Bertz CT molecular complexity index is 2520. The molecule has 47 heavy (non-hydrogen) atoms. The Morgan fingerprint density at radius 1 is 0.383 bits per heavy atom. The zero-order chi connectivity index (χ0) is 31.2. The second-order valence-corrected chi connectivity index (χ2v) is 11.5. The van der Waals surface area contributed by atoms with Crippen LogP contribution in [0.2, 0.25) is 0 Å². The molecule has 9 aromatic rings. The molecular formula is C42H26N4O. The third-order valence-corrected chi connectivity index (χ3v) is 8.59. The molecule has 0 aliphatic carbocycles. The molecule has 0 aliphatic heterocycles. The van der Waals surface area contributed by atoms with E-state index in [-0.39, 0.29) is 0 Å². The van der Waals surface area contributed by atoms with Crippen molar-refractivity contribution in [2.45, 2.75) is 0 Å². The number of fused-ring (bicyclic) bond motifs is 4. The van der Waals surface area contributed by atoms with Crippen molar-refractivity contribution >= 4 is 32.8 Å². The summed E-state index contributed by atoms with van der Waals surface area (Å²) in [6, 6.07) is 51.8. The predicted molar refractivity (Wildman–Crippen MR) is 190 cm³/mol. The lowest BCUT2D eigenvalue weighted by Crippen LogP contribution is -2.01. The molecule has 0 bridgehead atoms. The predicted octanol–water partition coefficient (Wildman–Crippen LogP) is 10.7. The van der Waals surface area contributed by atoms with Gasteiger partial charge in [0.05, 0.1) is 0 Å². The van der Waals surface area contributed by atoms with Crippen LogP contribution in [0.4, 0.5) is 0 Å². The van der Waals surface area contributed by atoms with E-state index < -0.39 is 0 Å². The SMILES string of the molecule is c1ccc(-c2nc(-c3ccccc3)nc(-c3cc(-c4ccc5ccccc5c4)ccc3-c3cnc4oc5ccccc5c4c3)n2)cc1. The molecule has 0 fully saturated rings. The van der Waals surface area contributed by atoms with Crippen molar-refractivity contribution in [1.82, 2.24) is 19.9 Å². The molecule has 220 valence electrons. The molecule has 6 aromatic carbocycles. The van der Waals surface area contributed by atoms with Crippen molar-refractivity contribution in [3.05, 3.63) is 158 Å². The van der Waals surface area contributed by atoms with Crippen molar-refractivity contribution in [1.29, 1.82) is 0 Å². The first-order chi connectivity index (χ1) is 23.3. The normalized spacial score (nSPS) is 11.4. The molecule has 3 heterocycles. The van der Waals surface area contributed by atoms with Crippen molar-refractivity contribution < 1.29 is 4.42 Å². The van der Waals surface area contributed by atoms with Crippen LogP contribution in [-0.2, 0) is 0 Å². The van der Waals surface area contributed by atoms with Crippen LogP contribution in [0.5, 0.6) is 0 Å². The van der Waals surface area contributed by atoms with E-state index in [2.05, 4.69) is 72.8 Å². The number of para-hydroxylation sites is 1. The smallest absolute Gasteiger partial charge is 0.227 e. The number of pyridine rings is 1. The van der Waals surface area contributed by atoms with Gasteiger partial charge < -0.3 is 4.42 Å². The van der Waals surface area contributed by atoms with Crippen molar-refractivity contribution in [2.75, 3.05) is 0 Å². The van der Waals surface area contributed by atoms with E-state index in [0.717, 1.165) is 55.3 Å². The zero-order valence-electron chi connectivity index (χ0n) is 25.2. The second-order valence-electron chi connectivity index (χ2n) is 11.5. The van der Waals surface area contributed by atoms with Gasteiger partial charge in [-0.3, -0.25) is 0 Å². The lowest BCUT2D eigenvalue weighted by Gasteiger charge is -2.14. The quantitative estimate of drug-likeness (QED) is 0.196. The highest BCUT2D eigenvalue weighted by molar-refractivity contribution is 6.05. The summed E-state index contributed by atoms with van der Waals surface area (Å²) in [5, 5.41) is 4.39. The van der Waals surface area contributed by atoms with Crippen molar-refractivity contribution in [3.63, 3.8) is 0 Å². The van der Waals surface area contributed by atoms with Gasteiger partial charge in [-0.25, -0.2) is 19.9 Å². The van der Waals surface area contributed by atoms with E-state index in [0.29, 0.717) is 23.2 Å². The minimum Gasteiger partial charge on any atom is -0.438 e. The minimum absolute atomic E-state index is 0.590. The molecule has 0 saturated carbocycles. The van der Waals surface area contributed by atoms with Gasteiger partial charge in [-0.1, -0.05) is 127 Å². The topological polar surface area (TPSA) is 64.7 Å². The van der Waals surface area contributed by atoms with Gasteiger partial charge in [-0.2, -0.15) is 0 Å². The van der Waals surface area contributed by atoms with Gasteiger partial charge in [-0.05, 0) is 51.7 Å². The molecule has 0 atom stereocenters. The second kappa shape index (κ2) is 11.2. The van der Waals surface area contributed by atoms with Crippen molar-refractivity contribution in [2.24, 2.45) is 0 Å². The number of furan rings is 1. The number of hydrogen-bond donors (Lipinski definition) is 0. The Balaban J connectivity index is 1.30. The summed E-state index contributed by atoms with van der Waals surface area (Å²) in [5.74, 6) is 1.82. The van der Waals surface area contributed by atoms with Crippen LogP contribution in [-0.4, -0.2) is 19.9 Å². The monoisotopic (exact) mass is 602 g/mol. The van der Waals surface area contributed by atoms with E-state index >= 15 is 0 Å².